The molecule has 4 rings (SSSR count). The van der Waals surface area contributed by atoms with Gasteiger partial charge in [0.1, 0.15) is 23.2 Å². The van der Waals surface area contributed by atoms with Crippen molar-refractivity contribution >= 4 is 29.4 Å². The topological polar surface area (TPSA) is 113 Å². The summed E-state index contributed by atoms with van der Waals surface area (Å²) in [6.45, 7) is 0.406. The second-order valence-corrected chi connectivity index (χ2v) is 7.95. The molecule has 0 spiro atoms. The van der Waals surface area contributed by atoms with Crippen molar-refractivity contribution in [1.82, 2.24) is 15.6 Å². The van der Waals surface area contributed by atoms with Gasteiger partial charge in [0.05, 0.1) is 12.0 Å². The molecule has 2 fully saturated rings. The molecule has 1 aromatic heterocycles. The smallest absolute Gasteiger partial charge is 0.406 e. The van der Waals surface area contributed by atoms with Gasteiger partial charge in [-0.05, 0) is 24.6 Å². The lowest BCUT2D eigenvalue weighted by Gasteiger charge is -2.41. The molecule has 4 amide bonds. The minimum absolute atomic E-state index is 0.00275. The number of amides is 4. The highest BCUT2D eigenvalue weighted by molar-refractivity contribution is 6.01. The molecule has 1 atom stereocenters. The third kappa shape index (κ3) is 5.75. The summed E-state index contributed by atoms with van der Waals surface area (Å²) in [5.74, 6) is -4.92. The van der Waals surface area contributed by atoms with Crippen molar-refractivity contribution in [2.75, 3.05) is 23.3 Å². The van der Waals surface area contributed by atoms with Crippen LogP contribution in [-0.2, 0) is 9.59 Å². The summed E-state index contributed by atoms with van der Waals surface area (Å²) in [7, 11) is 0. The zero-order valence-electron chi connectivity index (χ0n) is 17.8. The lowest BCUT2D eigenvalue weighted by molar-refractivity contribution is -0.274. The van der Waals surface area contributed by atoms with Gasteiger partial charge in [0, 0.05) is 43.0 Å². The fourth-order valence-corrected chi connectivity index (χ4v) is 3.85. The first kappa shape index (κ1) is 24.2. The Morgan fingerprint density at radius 1 is 1.14 bits per heavy atom. The van der Waals surface area contributed by atoms with E-state index in [1.807, 2.05) is 0 Å². The number of halogens is 5. The number of anilines is 2. The second-order valence-electron chi connectivity index (χ2n) is 7.95. The first-order valence-corrected chi connectivity index (χ1v) is 10.4. The monoisotopic (exact) mass is 499 g/mol. The Bertz CT molecular complexity index is 1150. The molecule has 0 bridgehead atoms. The van der Waals surface area contributed by atoms with Gasteiger partial charge in [0.25, 0.3) is 0 Å². The molecule has 2 aromatic rings. The number of carbonyl (C=O) groups excluding carboxylic acids is 3. The standard InChI is InChI=1S/C21H18F5N5O4/c22-14-5-11(6-15(23)18(14)13-1-2-17(32)30-19(13)33)31-8-10(9-31)28-20(34)29-16-7-12(3-4-27-16)35-21(24,25)26/h3-7,10,13H,1-2,8-9H2,(H,30,32,33)(H2,27,28,29,34)/t13-/m1/s1. The minimum atomic E-state index is -4.89. The van der Waals surface area contributed by atoms with Gasteiger partial charge in [-0.1, -0.05) is 0 Å². The Hall–Kier alpha value is -3.97. The molecule has 35 heavy (non-hydrogen) atoms. The average molecular weight is 499 g/mol. The van der Waals surface area contributed by atoms with Gasteiger partial charge in [0.15, 0.2) is 0 Å². The van der Waals surface area contributed by atoms with Gasteiger partial charge in [-0.2, -0.15) is 0 Å². The summed E-state index contributed by atoms with van der Waals surface area (Å²) in [4.78, 5) is 40.7. The van der Waals surface area contributed by atoms with Crippen molar-refractivity contribution in [3.05, 3.63) is 47.7 Å². The maximum Gasteiger partial charge on any atom is 0.573 e. The van der Waals surface area contributed by atoms with E-state index in [4.69, 9.17) is 0 Å². The third-order valence-corrected chi connectivity index (χ3v) is 5.44. The fraction of sp³-hybridized carbons (Fsp3) is 0.333. The SMILES string of the molecule is O=C1CC[C@H](c2c(F)cc(N3CC(NC(=O)Nc4cc(OC(F)(F)F)ccn4)C3)cc2F)C(=O)N1. The van der Waals surface area contributed by atoms with Gasteiger partial charge in [-0.25, -0.2) is 18.6 Å². The molecule has 2 aliphatic heterocycles. The first-order chi connectivity index (χ1) is 16.5. The number of imide groups is 1. The maximum absolute atomic E-state index is 14.7. The van der Waals surface area contributed by atoms with E-state index < -0.39 is 59.1 Å². The predicted molar refractivity (Wildman–Crippen MR) is 111 cm³/mol. The van der Waals surface area contributed by atoms with Crippen LogP contribution in [0.3, 0.4) is 0 Å². The Morgan fingerprint density at radius 2 is 1.83 bits per heavy atom. The van der Waals surface area contributed by atoms with Crippen LogP contribution in [0.5, 0.6) is 5.75 Å². The van der Waals surface area contributed by atoms with Gasteiger partial charge in [0.2, 0.25) is 11.8 Å². The Labute approximate surface area is 194 Å². The molecule has 3 N–H and O–H groups in total. The molecule has 3 heterocycles. The second kappa shape index (κ2) is 9.35. The van der Waals surface area contributed by atoms with E-state index >= 15 is 0 Å². The van der Waals surface area contributed by atoms with Crippen LogP contribution >= 0.6 is 0 Å². The van der Waals surface area contributed by atoms with E-state index in [9.17, 15) is 36.3 Å². The number of nitrogens with zero attached hydrogens (tertiary/aromatic N) is 2. The number of pyridine rings is 1. The predicted octanol–water partition coefficient (Wildman–Crippen LogP) is 2.79. The van der Waals surface area contributed by atoms with Crippen LogP contribution in [0, 0.1) is 11.6 Å². The first-order valence-electron chi connectivity index (χ1n) is 10.4. The summed E-state index contributed by atoms with van der Waals surface area (Å²) >= 11 is 0. The van der Waals surface area contributed by atoms with E-state index in [0.29, 0.717) is 0 Å². The van der Waals surface area contributed by atoms with Gasteiger partial charge in [-0.15, -0.1) is 13.2 Å². The van der Waals surface area contributed by atoms with E-state index in [2.05, 4.69) is 25.7 Å². The Balaban J connectivity index is 1.32. The zero-order valence-corrected chi connectivity index (χ0v) is 17.8. The molecule has 2 aliphatic rings. The van der Waals surface area contributed by atoms with Crippen LogP contribution in [-0.4, -0.2) is 48.3 Å². The normalized spacial score (nSPS) is 18.5. The summed E-state index contributed by atoms with van der Waals surface area (Å²) in [6, 6.07) is 2.88. The van der Waals surface area contributed by atoms with Crippen LogP contribution in [0.15, 0.2) is 30.5 Å². The number of benzene rings is 1. The fourth-order valence-electron chi connectivity index (χ4n) is 3.85. The van der Waals surface area contributed by atoms with Crippen LogP contribution in [0.4, 0.5) is 38.3 Å². The molecule has 1 aromatic carbocycles. The number of hydrogen-bond donors (Lipinski definition) is 3. The van der Waals surface area contributed by atoms with Crippen LogP contribution in [0.25, 0.3) is 0 Å². The van der Waals surface area contributed by atoms with Crippen molar-refractivity contribution in [3.63, 3.8) is 0 Å². The summed E-state index contributed by atoms with van der Waals surface area (Å²) in [5, 5.41) is 6.92. The Morgan fingerprint density at radius 3 is 2.46 bits per heavy atom. The number of nitrogens with one attached hydrogen (secondary N) is 3. The lowest BCUT2D eigenvalue weighted by Crippen LogP contribution is -2.60. The number of ether oxygens (including phenoxy) is 1. The summed E-state index contributed by atoms with van der Waals surface area (Å²) in [6.07, 6.45) is -3.88. The molecule has 0 radical (unpaired) electrons. The van der Waals surface area contributed by atoms with E-state index in [-0.39, 0.29) is 37.4 Å². The van der Waals surface area contributed by atoms with Crippen LogP contribution in [0.2, 0.25) is 0 Å². The largest absolute Gasteiger partial charge is 0.573 e. The summed E-state index contributed by atoms with van der Waals surface area (Å²) < 4.78 is 70.0. The Kier molecular flexibility index (Phi) is 6.45. The quantitative estimate of drug-likeness (QED) is 0.431. The molecule has 2 saturated heterocycles. The van der Waals surface area contributed by atoms with E-state index in [1.54, 1.807) is 4.90 Å². The number of rotatable bonds is 5. The molecule has 0 saturated carbocycles. The van der Waals surface area contributed by atoms with Crippen LogP contribution in [0.1, 0.15) is 24.3 Å². The van der Waals surface area contributed by atoms with Crippen molar-refractivity contribution < 1.29 is 41.1 Å². The zero-order chi connectivity index (χ0) is 25.3. The molecular formula is C21H18F5N5O4. The minimum Gasteiger partial charge on any atom is -0.406 e. The molecule has 0 unspecified atom stereocenters. The lowest BCUT2D eigenvalue weighted by atomic mass is 9.89. The van der Waals surface area contributed by atoms with Crippen molar-refractivity contribution in [1.29, 1.82) is 0 Å². The molecular weight excluding hydrogens is 481 g/mol. The van der Waals surface area contributed by atoms with E-state index in [1.165, 1.54) is 0 Å². The van der Waals surface area contributed by atoms with E-state index in [0.717, 1.165) is 30.5 Å². The maximum atomic E-state index is 14.7. The van der Waals surface area contributed by atoms with Crippen molar-refractivity contribution in [2.45, 2.75) is 31.2 Å². The molecule has 9 nitrogen and oxygen atoms in total. The molecule has 186 valence electrons. The number of alkyl halides is 3. The van der Waals surface area contributed by atoms with Crippen LogP contribution < -0.4 is 25.6 Å². The van der Waals surface area contributed by atoms with Crippen molar-refractivity contribution in [3.8, 4) is 5.75 Å². The molecule has 14 heteroatoms. The average Bonchev–Trinajstić information content (AvgIpc) is 2.70. The number of hydrogen-bond acceptors (Lipinski definition) is 6. The van der Waals surface area contributed by atoms with Crippen molar-refractivity contribution in [2.24, 2.45) is 0 Å². The third-order valence-electron chi connectivity index (χ3n) is 5.44. The summed E-state index contributed by atoms with van der Waals surface area (Å²) in [5.41, 5.74) is -0.203. The highest BCUT2D eigenvalue weighted by Gasteiger charge is 2.35. The molecule has 0 aliphatic carbocycles. The highest BCUT2D eigenvalue weighted by atomic mass is 19.4. The van der Waals surface area contributed by atoms with Gasteiger partial charge in [-0.3, -0.25) is 20.2 Å². The van der Waals surface area contributed by atoms with Gasteiger partial charge >= 0.3 is 12.4 Å². The number of carbonyl (C=O) groups is 3. The van der Waals surface area contributed by atoms with Gasteiger partial charge < -0.3 is 15.0 Å². The highest BCUT2D eigenvalue weighted by Crippen LogP contribution is 2.33. The number of aromatic nitrogens is 1. The number of urea groups is 1. The number of piperidine rings is 1.